The average Bonchev–Trinajstić information content (AvgIpc) is 3.33. The molecule has 3 heterocycles. The van der Waals surface area contributed by atoms with Crippen LogP contribution in [0, 0.1) is 19.8 Å². The van der Waals surface area contributed by atoms with E-state index in [9.17, 15) is 0 Å². The van der Waals surface area contributed by atoms with E-state index in [-0.39, 0.29) is 0 Å². The van der Waals surface area contributed by atoms with Gasteiger partial charge < -0.3 is 9.80 Å². The fraction of sp³-hybridized carbons (Fsp3) is 0.629. The lowest BCUT2D eigenvalue weighted by Gasteiger charge is -2.35. The Labute approximate surface area is 246 Å². The molecule has 0 amide bonds. The van der Waals surface area contributed by atoms with Gasteiger partial charge in [0.2, 0.25) is 0 Å². The number of amidine groups is 1. The lowest BCUT2D eigenvalue weighted by molar-refractivity contribution is 0.276. The zero-order valence-electron chi connectivity index (χ0n) is 26.8. The topological polar surface area (TPSA) is 44.1 Å². The first kappa shape index (κ1) is 33.5. The highest BCUT2D eigenvalue weighted by Gasteiger charge is 2.36. The molecule has 0 aromatic carbocycles. The molecule has 0 radical (unpaired) electrons. The summed E-state index contributed by atoms with van der Waals surface area (Å²) in [5, 5.41) is 0. The number of pyridine rings is 1. The van der Waals surface area contributed by atoms with Crippen molar-refractivity contribution in [3.05, 3.63) is 59.2 Å². The van der Waals surface area contributed by atoms with E-state index in [1.807, 2.05) is 20.0 Å². The predicted octanol–water partition coefficient (Wildman–Crippen LogP) is 9.14. The van der Waals surface area contributed by atoms with Gasteiger partial charge in [0.25, 0.3) is 0 Å². The normalized spacial score (nSPS) is 20.0. The smallest absolute Gasteiger partial charge is 0.137 e. The third-order valence-electron chi connectivity index (χ3n) is 8.01. The lowest BCUT2D eigenvalue weighted by Crippen LogP contribution is -2.35. The Morgan fingerprint density at radius 3 is 2.08 bits per heavy atom. The van der Waals surface area contributed by atoms with Gasteiger partial charge in [-0.2, -0.15) is 0 Å². The summed E-state index contributed by atoms with van der Waals surface area (Å²) in [4.78, 5) is 18.5. The van der Waals surface area contributed by atoms with E-state index < -0.39 is 0 Å². The van der Waals surface area contributed by atoms with Gasteiger partial charge in [-0.15, -0.1) is 0 Å². The summed E-state index contributed by atoms with van der Waals surface area (Å²) in [6.45, 7) is 25.7. The summed E-state index contributed by atoms with van der Waals surface area (Å²) in [7, 11) is 0. The minimum absolute atomic E-state index is 0.513. The highest BCUT2D eigenvalue weighted by molar-refractivity contribution is 6.06. The highest BCUT2D eigenvalue weighted by Crippen LogP contribution is 2.39. The number of likely N-dealkylation sites (tertiary alicyclic amines) is 1. The average molecular weight is 548 g/mol. The number of aryl methyl sites for hydroxylation is 2. The van der Waals surface area contributed by atoms with Gasteiger partial charge >= 0.3 is 0 Å². The van der Waals surface area contributed by atoms with Gasteiger partial charge in [-0.25, -0.2) is 0 Å². The van der Waals surface area contributed by atoms with Crippen molar-refractivity contribution < 1.29 is 0 Å². The van der Waals surface area contributed by atoms with Crippen LogP contribution in [0.2, 0.25) is 0 Å². The van der Waals surface area contributed by atoms with Crippen LogP contribution < -0.4 is 0 Å². The number of aliphatic imine (C=N–C) groups is 2. The van der Waals surface area contributed by atoms with E-state index in [0.717, 1.165) is 55.4 Å². The van der Waals surface area contributed by atoms with Crippen LogP contribution >= 0.6 is 0 Å². The molecule has 3 aliphatic rings. The number of aromatic nitrogens is 1. The van der Waals surface area contributed by atoms with Gasteiger partial charge in [0, 0.05) is 66.3 Å². The molecule has 2 fully saturated rings. The predicted molar refractivity (Wildman–Crippen MR) is 176 cm³/mol. The maximum Gasteiger partial charge on any atom is 0.137 e. The maximum absolute atomic E-state index is 4.93. The lowest BCUT2D eigenvalue weighted by atomic mass is 9.86. The van der Waals surface area contributed by atoms with Crippen molar-refractivity contribution in [1.29, 1.82) is 0 Å². The molecule has 0 unspecified atom stereocenters. The van der Waals surface area contributed by atoms with Crippen molar-refractivity contribution in [2.24, 2.45) is 15.9 Å². The molecule has 40 heavy (non-hydrogen) atoms. The highest BCUT2D eigenvalue weighted by atomic mass is 15.2. The molecule has 5 nitrogen and oxygen atoms in total. The zero-order valence-corrected chi connectivity index (χ0v) is 26.8. The summed E-state index contributed by atoms with van der Waals surface area (Å²) in [5.74, 6) is 1.62. The van der Waals surface area contributed by atoms with Crippen molar-refractivity contribution in [3.63, 3.8) is 0 Å². The zero-order chi connectivity index (χ0) is 29.5. The molecule has 1 aromatic heterocycles. The Kier molecular flexibility index (Phi) is 15.0. The molecule has 0 atom stereocenters. The SMILES string of the molecule is C=N/C=C1/C(C2CCN(C(=C)c3cc(C)nc(C)c3)CC2)=CN(C2CCCCC2)C1=NCC.CC.CCCCC. The molecule has 2 aliphatic heterocycles. The number of hydrogen-bond donors (Lipinski definition) is 0. The molecule has 5 heteroatoms. The van der Waals surface area contributed by atoms with E-state index in [1.165, 1.54) is 68.1 Å². The number of rotatable bonds is 8. The molecule has 0 N–H and O–H groups in total. The fourth-order valence-electron chi connectivity index (χ4n) is 6.05. The minimum atomic E-state index is 0.513. The number of piperidine rings is 1. The van der Waals surface area contributed by atoms with Crippen LogP contribution in [0.1, 0.15) is 116 Å². The van der Waals surface area contributed by atoms with Gasteiger partial charge in [0.1, 0.15) is 5.84 Å². The van der Waals surface area contributed by atoms with Crippen molar-refractivity contribution in [1.82, 2.24) is 14.8 Å². The number of nitrogens with zero attached hydrogens (tertiary/aromatic N) is 5. The van der Waals surface area contributed by atoms with Crippen LogP contribution in [0.25, 0.3) is 5.70 Å². The molecular formula is C35H57N5. The van der Waals surface area contributed by atoms with Crippen LogP contribution in [0.5, 0.6) is 0 Å². The van der Waals surface area contributed by atoms with Gasteiger partial charge in [0.05, 0.1) is 0 Å². The second-order valence-corrected chi connectivity index (χ2v) is 11.0. The Balaban J connectivity index is 0.000000722. The van der Waals surface area contributed by atoms with Crippen molar-refractivity contribution in [2.45, 2.75) is 119 Å². The van der Waals surface area contributed by atoms with Crippen molar-refractivity contribution in [2.75, 3.05) is 19.6 Å². The van der Waals surface area contributed by atoms with Crippen LogP contribution in [0.15, 0.2) is 52.2 Å². The van der Waals surface area contributed by atoms with E-state index in [4.69, 9.17) is 4.99 Å². The van der Waals surface area contributed by atoms with Crippen LogP contribution in [0.3, 0.4) is 0 Å². The van der Waals surface area contributed by atoms with Gasteiger partial charge in [0.15, 0.2) is 0 Å². The van der Waals surface area contributed by atoms with E-state index >= 15 is 0 Å². The summed E-state index contributed by atoms with van der Waals surface area (Å²) in [6, 6.07) is 4.85. The Morgan fingerprint density at radius 1 is 0.975 bits per heavy atom. The van der Waals surface area contributed by atoms with Crippen LogP contribution in [-0.4, -0.2) is 53.0 Å². The molecule has 0 spiro atoms. The van der Waals surface area contributed by atoms with E-state index in [0.29, 0.717) is 12.0 Å². The monoisotopic (exact) mass is 547 g/mol. The first-order chi connectivity index (χ1) is 19.4. The Bertz CT molecular complexity index is 998. The van der Waals surface area contributed by atoms with Gasteiger partial charge in [-0.1, -0.05) is 72.8 Å². The Morgan fingerprint density at radius 2 is 1.57 bits per heavy atom. The fourth-order valence-corrected chi connectivity index (χ4v) is 6.05. The first-order valence-electron chi connectivity index (χ1n) is 16.0. The van der Waals surface area contributed by atoms with E-state index in [2.05, 4.69) is 86.0 Å². The summed E-state index contributed by atoms with van der Waals surface area (Å²) >= 11 is 0. The quantitative estimate of drug-likeness (QED) is 0.305. The molecule has 4 rings (SSSR count). The summed E-state index contributed by atoms with van der Waals surface area (Å²) in [6.07, 6.45) is 17.1. The van der Waals surface area contributed by atoms with Crippen LogP contribution in [-0.2, 0) is 0 Å². The summed E-state index contributed by atoms with van der Waals surface area (Å²) < 4.78 is 0. The minimum Gasteiger partial charge on any atom is -0.371 e. The molecule has 1 aromatic rings. The molecule has 1 saturated carbocycles. The van der Waals surface area contributed by atoms with Crippen molar-refractivity contribution >= 4 is 18.3 Å². The summed E-state index contributed by atoms with van der Waals surface area (Å²) in [5.41, 5.74) is 7.00. The third kappa shape index (κ3) is 9.17. The first-order valence-corrected chi connectivity index (χ1v) is 16.0. The number of unbranched alkanes of at least 4 members (excludes halogenated alkanes) is 2. The molecule has 222 valence electrons. The molecule has 1 aliphatic carbocycles. The Hall–Kier alpha value is -2.69. The molecule has 0 bridgehead atoms. The molecular weight excluding hydrogens is 490 g/mol. The standard InChI is InChI=1S/C28H39N5.C5H12.C2H6/c1-6-30-28-26(18-29-5)27(19-33(28)25-10-8-7-9-11-25)23-12-14-32(15-13-23)22(4)24-16-20(2)31-21(3)17-24;1-3-5-4-2;1-2/h16-19,23,25H,4-15H2,1-3H3;3-5H2,1-2H3;1-2H3/b26-18-,30-28?;;. The maximum atomic E-state index is 4.93. The number of hydrogen-bond acceptors (Lipinski definition) is 4. The second kappa shape index (κ2) is 17.9. The molecule has 1 saturated heterocycles. The van der Waals surface area contributed by atoms with Crippen molar-refractivity contribution in [3.8, 4) is 0 Å². The largest absolute Gasteiger partial charge is 0.371 e. The van der Waals surface area contributed by atoms with Gasteiger partial charge in [-0.3, -0.25) is 15.0 Å². The third-order valence-corrected chi connectivity index (χ3v) is 8.01. The second-order valence-electron chi connectivity index (χ2n) is 11.0. The van der Waals surface area contributed by atoms with Crippen LogP contribution in [0.4, 0.5) is 0 Å². The van der Waals surface area contributed by atoms with E-state index in [1.54, 1.807) is 0 Å². The van der Waals surface area contributed by atoms with Gasteiger partial charge in [-0.05, 0) is 76.8 Å².